The molecule has 1 unspecified atom stereocenters. The number of hydrogen-bond acceptors (Lipinski definition) is 2. The van der Waals surface area contributed by atoms with Gasteiger partial charge in [0, 0.05) is 11.7 Å². The van der Waals surface area contributed by atoms with E-state index in [4.69, 9.17) is 4.74 Å². The highest BCUT2D eigenvalue weighted by atomic mass is 19.1. The molecular formula is C18H22FNO. The van der Waals surface area contributed by atoms with Crippen molar-refractivity contribution in [2.24, 2.45) is 0 Å². The first-order valence-electron chi connectivity index (χ1n) is 7.35. The third-order valence-electron chi connectivity index (χ3n) is 3.41. The average molecular weight is 287 g/mol. The summed E-state index contributed by atoms with van der Waals surface area (Å²) in [6.07, 6.45) is 1.00. The molecule has 0 spiro atoms. The number of rotatable bonds is 6. The summed E-state index contributed by atoms with van der Waals surface area (Å²) in [6.45, 7) is 6.82. The van der Waals surface area contributed by atoms with Crippen LogP contribution in [-0.4, -0.2) is 6.61 Å². The summed E-state index contributed by atoms with van der Waals surface area (Å²) in [5, 5.41) is 3.41. The van der Waals surface area contributed by atoms with Crippen molar-refractivity contribution >= 4 is 5.69 Å². The number of hydrogen-bond donors (Lipinski definition) is 1. The quantitative estimate of drug-likeness (QED) is 0.798. The molecule has 2 aromatic carbocycles. The second-order valence-electron chi connectivity index (χ2n) is 5.24. The fraction of sp³-hybridized carbons (Fsp3) is 0.333. The van der Waals surface area contributed by atoms with E-state index in [0.717, 1.165) is 30.0 Å². The SMILES string of the molecule is CCCOc1ccc(C(C)Nc2ccc(F)cc2C)cc1. The van der Waals surface area contributed by atoms with Crippen molar-refractivity contribution in [2.75, 3.05) is 11.9 Å². The molecule has 0 aliphatic rings. The third kappa shape index (κ3) is 4.22. The Labute approximate surface area is 126 Å². The van der Waals surface area contributed by atoms with Crippen LogP contribution in [0.2, 0.25) is 0 Å². The molecular weight excluding hydrogens is 265 g/mol. The highest BCUT2D eigenvalue weighted by Crippen LogP contribution is 2.24. The largest absolute Gasteiger partial charge is 0.494 e. The Hall–Kier alpha value is -2.03. The van der Waals surface area contributed by atoms with Crippen LogP contribution in [0.15, 0.2) is 42.5 Å². The van der Waals surface area contributed by atoms with Crippen molar-refractivity contribution in [3.63, 3.8) is 0 Å². The zero-order chi connectivity index (χ0) is 15.2. The van der Waals surface area contributed by atoms with E-state index in [1.165, 1.54) is 17.7 Å². The second-order valence-corrected chi connectivity index (χ2v) is 5.24. The summed E-state index contributed by atoms with van der Waals surface area (Å²) in [7, 11) is 0. The molecule has 2 aromatic rings. The minimum absolute atomic E-state index is 0.148. The number of halogens is 1. The molecule has 1 N–H and O–H groups in total. The summed E-state index contributed by atoms with van der Waals surface area (Å²) in [5.41, 5.74) is 3.03. The van der Waals surface area contributed by atoms with Crippen molar-refractivity contribution in [1.29, 1.82) is 0 Å². The molecule has 0 aliphatic heterocycles. The van der Waals surface area contributed by atoms with Crippen molar-refractivity contribution in [3.8, 4) is 5.75 Å². The summed E-state index contributed by atoms with van der Waals surface area (Å²) in [6, 6.07) is 13.0. The minimum atomic E-state index is -0.205. The van der Waals surface area contributed by atoms with E-state index in [-0.39, 0.29) is 11.9 Å². The van der Waals surface area contributed by atoms with E-state index in [1.807, 2.05) is 19.1 Å². The van der Waals surface area contributed by atoms with Gasteiger partial charge in [0.15, 0.2) is 0 Å². The van der Waals surface area contributed by atoms with E-state index in [9.17, 15) is 4.39 Å². The van der Waals surface area contributed by atoms with Gasteiger partial charge in [0.2, 0.25) is 0 Å². The molecule has 0 fully saturated rings. The van der Waals surface area contributed by atoms with Gasteiger partial charge in [-0.3, -0.25) is 0 Å². The number of benzene rings is 2. The van der Waals surface area contributed by atoms with E-state index < -0.39 is 0 Å². The molecule has 0 saturated carbocycles. The van der Waals surface area contributed by atoms with Gasteiger partial charge in [0.25, 0.3) is 0 Å². The molecule has 3 heteroatoms. The minimum Gasteiger partial charge on any atom is -0.494 e. The summed E-state index contributed by atoms with van der Waals surface area (Å²) < 4.78 is 18.7. The first-order chi connectivity index (χ1) is 10.1. The van der Waals surface area contributed by atoms with Gasteiger partial charge >= 0.3 is 0 Å². The molecule has 0 radical (unpaired) electrons. The molecule has 0 saturated heterocycles. The Kier molecular flexibility index (Phi) is 5.20. The molecule has 2 nitrogen and oxygen atoms in total. The van der Waals surface area contributed by atoms with Crippen LogP contribution in [0.1, 0.15) is 37.4 Å². The molecule has 0 amide bonds. The lowest BCUT2D eigenvalue weighted by atomic mass is 10.1. The van der Waals surface area contributed by atoms with Gasteiger partial charge in [-0.1, -0.05) is 19.1 Å². The fourth-order valence-electron chi connectivity index (χ4n) is 2.18. The maximum absolute atomic E-state index is 13.1. The van der Waals surface area contributed by atoms with Gasteiger partial charge in [0.05, 0.1) is 6.61 Å². The zero-order valence-corrected chi connectivity index (χ0v) is 12.8. The Morgan fingerprint density at radius 1 is 1.14 bits per heavy atom. The Balaban J connectivity index is 2.04. The second kappa shape index (κ2) is 7.11. The maximum atomic E-state index is 13.1. The van der Waals surface area contributed by atoms with Gasteiger partial charge in [-0.15, -0.1) is 0 Å². The van der Waals surface area contributed by atoms with Gasteiger partial charge < -0.3 is 10.1 Å². The normalized spacial score (nSPS) is 12.0. The fourth-order valence-corrected chi connectivity index (χ4v) is 2.18. The Morgan fingerprint density at radius 2 is 1.86 bits per heavy atom. The van der Waals surface area contributed by atoms with Crippen molar-refractivity contribution in [1.82, 2.24) is 0 Å². The van der Waals surface area contributed by atoms with Gasteiger partial charge in [-0.2, -0.15) is 0 Å². The summed E-state index contributed by atoms with van der Waals surface area (Å²) >= 11 is 0. The molecule has 112 valence electrons. The van der Waals surface area contributed by atoms with E-state index in [1.54, 1.807) is 6.07 Å². The van der Waals surface area contributed by atoms with Crippen LogP contribution < -0.4 is 10.1 Å². The van der Waals surface area contributed by atoms with Crippen LogP contribution in [-0.2, 0) is 0 Å². The zero-order valence-electron chi connectivity index (χ0n) is 12.8. The predicted molar refractivity (Wildman–Crippen MR) is 85.4 cm³/mol. The molecule has 2 rings (SSSR count). The number of ether oxygens (including phenoxy) is 1. The lowest BCUT2D eigenvalue weighted by Crippen LogP contribution is -2.07. The van der Waals surface area contributed by atoms with Gasteiger partial charge in [-0.25, -0.2) is 4.39 Å². The van der Waals surface area contributed by atoms with E-state index in [2.05, 4.69) is 31.3 Å². The molecule has 21 heavy (non-hydrogen) atoms. The first-order valence-corrected chi connectivity index (χ1v) is 7.35. The molecule has 0 bridgehead atoms. The van der Waals surface area contributed by atoms with Crippen molar-refractivity contribution in [2.45, 2.75) is 33.2 Å². The number of nitrogens with one attached hydrogen (secondary N) is 1. The standard InChI is InChI=1S/C18H22FNO/c1-4-11-21-17-8-5-15(6-9-17)14(3)20-18-10-7-16(19)12-13(18)2/h5-10,12,14,20H,4,11H2,1-3H3. The summed E-state index contributed by atoms with van der Waals surface area (Å²) in [4.78, 5) is 0. The molecule has 0 aromatic heterocycles. The lowest BCUT2D eigenvalue weighted by Gasteiger charge is -2.18. The topological polar surface area (TPSA) is 21.3 Å². The van der Waals surface area contributed by atoms with Crippen LogP contribution in [0.4, 0.5) is 10.1 Å². The predicted octanol–water partition coefficient (Wildman–Crippen LogP) is 5.10. The number of anilines is 1. The molecule has 1 atom stereocenters. The van der Waals surface area contributed by atoms with Crippen molar-refractivity contribution in [3.05, 3.63) is 59.4 Å². The maximum Gasteiger partial charge on any atom is 0.123 e. The van der Waals surface area contributed by atoms with Crippen LogP contribution in [0.3, 0.4) is 0 Å². The number of aryl methyl sites for hydroxylation is 1. The molecule has 0 aliphatic carbocycles. The van der Waals surface area contributed by atoms with Crippen molar-refractivity contribution < 1.29 is 9.13 Å². The van der Waals surface area contributed by atoms with Gasteiger partial charge in [-0.05, 0) is 61.7 Å². The lowest BCUT2D eigenvalue weighted by molar-refractivity contribution is 0.317. The van der Waals surface area contributed by atoms with Crippen LogP contribution >= 0.6 is 0 Å². The Morgan fingerprint density at radius 3 is 2.48 bits per heavy atom. The smallest absolute Gasteiger partial charge is 0.123 e. The highest BCUT2D eigenvalue weighted by molar-refractivity contribution is 5.52. The monoisotopic (exact) mass is 287 g/mol. The van der Waals surface area contributed by atoms with E-state index >= 15 is 0 Å². The van der Waals surface area contributed by atoms with Crippen LogP contribution in [0.25, 0.3) is 0 Å². The highest BCUT2D eigenvalue weighted by Gasteiger charge is 2.07. The third-order valence-corrected chi connectivity index (χ3v) is 3.41. The van der Waals surface area contributed by atoms with Gasteiger partial charge in [0.1, 0.15) is 11.6 Å². The Bertz CT molecular complexity index is 580. The van der Waals surface area contributed by atoms with E-state index in [0.29, 0.717) is 0 Å². The molecule has 0 heterocycles. The first kappa shape index (κ1) is 15.4. The summed E-state index contributed by atoms with van der Waals surface area (Å²) in [5.74, 6) is 0.689. The van der Waals surface area contributed by atoms with Crippen LogP contribution in [0, 0.1) is 12.7 Å². The van der Waals surface area contributed by atoms with Crippen LogP contribution in [0.5, 0.6) is 5.75 Å². The average Bonchev–Trinajstić information content (AvgIpc) is 2.48.